The second kappa shape index (κ2) is 8.32. The fraction of sp³-hybridized carbons (Fsp3) is 0.381. The monoisotopic (exact) mass is 402 g/mol. The van der Waals surface area contributed by atoms with E-state index >= 15 is 0 Å². The first-order chi connectivity index (χ1) is 13.3. The zero-order chi connectivity index (χ0) is 20.3. The minimum absolute atomic E-state index is 0.0311. The van der Waals surface area contributed by atoms with Crippen LogP contribution in [0.3, 0.4) is 0 Å². The van der Waals surface area contributed by atoms with Gasteiger partial charge in [-0.2, -0.15) is 0 Å². The number of anilines is 1. The molecule has 2 aromatic rings. The fourth-order valence-electron chi connectivity index (χ4n) is 3.21. The van der Waals surface area contributed by atoms with E-state index in [-0.39, 0.29) is 16.9 Å². The summed E-state index contributed by atoms with van der Waals surface area (Å²) in [7, 11) is -3.82. The molecule has 0 saturated carbocycles. The predicted octanol–water partition coefficient (Wildman–Crippen LogP) is 3.32. The second-order valence-electron chi connectivity index (χ2n) is 7.18. The maximum absolute atomic E-state index is 13.0. The minimum atomic E-state index is -3.82. The van der Waals surface area contributed by atoms with Crippen LogP contribution in [0.2, 0.25) is 0 Å². The van der Waals surface area contributed by atoms with Crippen LogP contribution in [-0.4, -0.2) is 33.6 Å². The summed E-state index contributed by atoms with van der Waals surface area (Å²) >= 11 is 0. The molecule has 0 spiro atoms. The third-order valence-electron chi connectivity index (χ3n) is 5.10. The molecule has 2 N–H and O–H groups in total. The summed E-state index contributed by atoms with van der Waals surface area (Å²) in [6, 6.07) is 10.2. The number of nitrogens with one attached hydrogen (secondary N) is 2. The van der Waals surface area contributed by atoms with Crippen LogP contribution in [0, 0.1) is 20.8 Å². The summed E-state index contributed by atoms with van der Waals surface area (Å²) in [5, 5.41) is 2.83. The van der Waals surface area contributed by atoms with Crippen molar-refractivity contribution in [2.75, 3.05) is 17.9 Å². The molecule has 150 valence electrons. The van der Waals surface area contributed by atoms with Gasteiger partial charge in [0.15, 0.2) is 0 Å². The van der Waals surface area contributed by atoms with Crippen molar-refractivity contribution in [1.29, 1.82) is 0 Å². The molecule has 0 unspecified atom stereocenters. The van der Waals surface area contributed by atoms with Gasteiger partial charge < -0.3 is 10.1 Å². The zero-order valence-corrected chi connectivity index (χ0v) is 17.2. The maximum Gasteiger partial charge on any atom is 0.262 e. The lowest BCUT2D eigenvalue weighted by molar-refractivity contribution is 0.0857. The molecule has 1 atom stereocenters. The van der Waals surface area contributed by atoms with Gasteiger partial charge in [0.25, 0.3) is 15.9 Å². The van der Waals surface area contributed by atoms with E-state index in [9.17, 15) is 13.2 Å². The summed E-state index contributed by atoms with van der Waals surface area (Å²) in [5.74, 6) is -0.307. The number of sulfonamides is 1. The molecule has 0 aliphatic carbocycles. The van der Waals surface area contributed by atoms with E-state index in [2.05, 4.69) is 10.0 Å². The number of carbonyl (C=O) groups is 1. The highest BCUT2D eigenvalue weighted by molar-refractivity contribution is 7.92. The van der Waals surface area contributed by atoms with Crippen LogP contribution in [0.15, 0.2) is 41.3 Å². The highest BCUT2D eigenvalue weighted by Gasteiger charge is 2.21. The van der Waals surface area contributed by atoms with Gasteiger partial charge in [-0.1, -0.05) is 18.2 Å². The lowest BCUT2D eigenvalue weighted by atomic mass is 10.1. The van der Waals surface area contributed by atoms with Crippen molar-refractivity contribution in [2.24, 2.45) is 0 Å². The summed E-state index contributed by atoms with van der Waals surface area (Å²) in [6.45, 7) is 6.66. The van der Waals surface area contributed by atoms with Crippen molar-refractivity contribution in [3.05, 3.63) is 58.7 Å². The molecule has 7 heteroatoms. The first-order valence-electron chi connectivity index (χ1n) is 9.37. The Bertz CT molecular complexity index is 980. The van der Waals surface area contributed by atoms with Crippen LogP contribution in [0.5, 0.6) is 0 Å². The molecule has 1 heterocycles. The molecular weight excluding hydrogens is 376 g/mol. The molecule has 28 heavy (non-hydrogen) atoms. The highest BCUT2D eigenvalue weighted by Crippen LogP contribution is 2.24. The summed E-state index contributed by atoms with van der Waals surface area (Å²) < 4.78 is 34.1. The quantitative estimate of drug-likeness (QED) is 0.776. The highest BCUT2D eigenvalue weighted by atomic mass is 32.2. The van der Waals surface area contributed by atoms with Gasteiger partial charge >= 0.3 is 0 Å². The van der Waals surface area contributed by atoms with Gasteiger partial charge in [-0.15, -0.1) is 0 Å². The van der Waals surface area contributed by atoms with Crippen molar-refractivity contribution in [3.63, 3.8) is 0 Å². The SMILES string of the molecule is Cc1ccc(C(=O)NC[C@H]2CCCO2)cc1S(=O)(=O)Nc1cccc(C)c1C. The molecule has 2 aromatic carbocycles. The molecule has 6 nitrogen and oxygen atoms in total. The molecule has 0 radical (unpaired) electrons. The Morgan fingerprint density at radius 3 is 2.64 bits per heavy atom. The minimum Gasteiger partial charge on any atom is -0.376 e. The normalized spacial score (nSPS) is 16.8. The largest absolute Gasteiger partial charge is 0.376 e. The number of rotatable bonds is 6. The van der Waals surface area contributed by atoms with Gasteiger partial charge in [0.1, 0.15) is 0 Å². The smallest absolute Gasteiger partial charge is 0.262 e. The maximum atomic E-state index is 13.0. The van der Waals surface area contributed by atoms with E-state index in [0.29, 0.717) is 23.4 Å². The molecule has 3 rings (SSSR count). The molecule has 0 bridgehead atoms. The van der Waals surface area contributed by atoms with Gasteiger partial charge in [0.05, 0.1) is 16.7 Å². The molecule has 1 aliphatic heterocycles. The molecule has 0 aromatic heterocycles. The van der Waals surface area contributed by atoms with E-state index in [1.165, 1.54) is 6.07 Å². The Morgan fingerprint density at radius 1 is 1.14 bits per heavy atom. The Kier molecular flexibility index (Phi) is 6.05. The van der Waals surface area contributed by atoms with Crippen LogP contribution >= 0.6 is 0 Å². The van der Waals surface area contributed by atoms with Crippen LogP contribution < -0.4 is 10.0 Å². The summed E-state index contributed by atoms with van der Waals surface area (Å²) in [4.78, 5) is 12.6. The van der Waals surface area contributed by atoms with E-state index in [4.69, 9.17) is 4.74 Å². The van der Waals surface area contributed by atoms with Crippen LogP contribution in [0.4, 0.5) is 5.69 Å². The van der Waals surface area contributed by atoms with Gasteiger partial charge in [-0.05, 0) is 68.5 Å². The number of benzene rings is 2. The molecule has 1 saturated heterocycles. The van der Waals surface area contributed by atoms with E-state index in [1.54, 1.807) is 25.1 Å². The molecule has 1 aliphatic rings. The third-order valence-corrected chi connectivity index (χ3v) is 6.61. The Hall–Kier alpha value is -2.38. The summed E-state index contributed by atoms with van der Waals surface area (Å²) in [6.07, 6.45) is 1.95. The van der Waals surface area contributed by atoms with Crippen LogP contribution in [-0.2, 0) is 14.8 Å². The molecule has 1 fully saturated rings. The second-order valence-corrected chi connectivity index (χ2v) is 8.83. The number of amides is 1. The molecule has 1 amide bonds. The predicted molar refractivity (Wildman–Crippen MR) is 109 cm³/mol. The fourth-order valence-corrected chi connectivity index (χ4v) is 4.60. The summed E-state index contributed by atoms with van der Waals surface area (Å²) in [5.41, 5.74) is 3.29. The number of aryl methyl sites for hydroxylation is 2. The number of carbonyl (C=O) groups excluding carboxylic acids is 1. The average molecular weight is 403 g/mol. The Labute approximate surface area is 166 Å². The first-order valence-corrected chi connectivity index (χ1v) is 10.9. The first kappa shape index (κ1) is 20.4. The molecular formula is C21H26N2O4S. The van der Waals surface area contributed by atoms with Crippen molar-refractivity contribution in [3.8, 4) is 0 Å². The van der Waals surface area contributed by atoms with Crippen LogP contribution in [0.1, 0.15) is 39.9 Å². The lowest BCUT2D eigenvalue weighted by Gasteiger charge is -2.15. The van der Waals surface area contributed by atoms with Gasteiger partial charge in [0.2, 0.25) is 0 Å². The van der Waals surface area contributed by atoms with Crippen molar-refractivity contribution < 1.29 is 17.9 Å². The van der Waals surface area contributed by atoms with Crippen molar-refractivity contribution >= 4 is 21.6 Å². The van der Waals surface area contributed by atoms with Gasteiger partial charge in [-0.3, -0.25) is 9.52 Å². The van der Waals surface area contributed by atoms with E-state index in [1.807, 2.05) is 26.0 Å². The Morgan fingerprint density at radius 2 is 1.93 bits per heavy atom. The number of hydrogen-bond acceptors (Lipinski definition) is 4. The van der Waals surface area contributed by atoms with Crippen molar-refractivity contribution in [1.82, 2.24) is 5.32 Å². The average Bonchev–Trinajstić information content (AvgIpc) is 3.17. The van der Waals surface area contributed by atoms with Gasteiger partial charge in [0, 0.05) is 18.7 Å². The Balaban J connectivity index is 1.81. The van der Waals surface area contributed by atoms with E-state index in [0.717, 1.165) is 30.6 Å². The van der Waals surface area contributed by atoms with Crippen molar-refractivity contribution in [2.45, 2.75) is 44.6 Å². The standard InChI is InChI=1S/C21H26N2O4S/c1-14-6-4-8-19(16(14)3)23-28(25,26)20-12-17(10-9-15(20)2)21(24)22-13-18-7-5-11-27-18/h4,6,8-10,12,18,23H,5,7,11,13H2,1-3H3,(H,22,24)/t18-/m1/s1. The van der Waals surface area contributed by atoms with E-state index < -0.39 is 10.0 Å². The van der Waals surface area contributed by atoms with Crippen LogP contribution in [0.25, 0.3) is 0 Å². The lowest BCUT2D eigenvalue weighted by Crippen LogP contribution is -2.32. The number of hydrogen-bond donors (Lipinski definition) is 2. The zero-order valence-electron chi connectivity index (χ0n) is 16.4. The van der Waals surface area contributed by atoms with Gasteiger partial charge in [-0.25, -0.2) is 8.42 Å². The third kappa shape index (κ3) is 4.54. The number of ether oxygens (including phenoxy) is 1. The topological polar surface area (TPSA) is 84.5 Å².